The molecule has 1 unspecified atom stereocenters. The Hall–Kier alpha value is -1.45. The van der Waals surface area contributed by atoms with Crippen LogP contribution in [-0.2, 0) is 14.6 Å². The van der Waals surface area contributed by atoms with E-state index in [9.17, 15) is 13.2 Å². The topological polar surface area (TPSA) is 87.5 Å². The van der Waals surface area contributed by atoms with Gasteiger partial charge in [-0.05, 0) is 32.4 Å². The van der Waals surface area contributed by atoms with Gasteiger partial charge >= 0.3 is 0 Å². The SMILES string of the molecule is CCN(CC)CCN(CC(=O)Nc1cc(C)nn1C1CCS(=O)(=O)C1)CC(C)C. The van der Waals surface area contributed by atoms with Gasteiger partial charge in [-0.25, -0.2) is 13.1 Å². The van der Waals surface area contributed by atoms with Gasteiger partial charge in [-0.2, -0.15) is 5.10 Å². The van der Waals surface area contributed by atoms with E-state index in [0.29, 0.717) is 24.7 Å². The summed E-state index contributed by atoms with van der Waals surface area (Å²) in [7, 11) is -3.02. The van der Waals surface area contributed by atoms with Crippen LogP contribution in [0.2, 0.25) is 0 Å². The van der Waals surface area contributed by atoms with Crippen LogP contribution in [0.4, 0.5) is 5.82 Å². The largest absolute Gasteiger partial charge is 0.310 e. The molecule has 2 heterocycles. The molecule has 0 aromatic carbocycles. The van der Waals surface area contributed by atoms with Crippen molar-refractivity contribution in [3.63, 3.8) is 0 Å². The lowest BCUT2D eigenvalue weighted by atomic mass is 10.2. The van der Waals surface area contributed by atoms with E-state index in [4.69, 9.17) is 0 Å². The highest BCUT2D eigenvalue weighted by Crippen LogP contribution is 2.27. The van der Waals surface area contributed by atoms with Crippen LogP contribution in [0.1, 0.15) is 45.9 Å². The van der Waals surface area contributed by atoms with Crippen molar-refractivity contribution >= 4 is 21.6 Å². The first kappa shape index (κ1) is 23.8. The number of nitrogens with zero attached hydrogens (tertiary/aromatic N) is 4. The van der Waals surface area contributed by atoms with Gasteiger partial charge in [-0.3, -0.25) is 9.69 Å². The molecule has 0 saturated carbocycles. The number of carbonyl (C=O) groups is 1. The van der Waals surface area contributed by atoms with Crippen molar-refractivity contribution in [1.29, 1.82) is 0 Å². The maximum absolute atomic E-state index is 12.8. The highest BCUT2D eigenvalue weighted by Gasteiger charge is 2.31. The molecular formula is C20H37N5O3S. The third kappa shape index (κ3) is 7.38. The molecule has 0 spiro atoms. The quantitative estimate of drug-likeness (QED) is 0.579. The lowest BCUT2D eigenvalue weighted by Crippen LogP contribution is -2.41. The van der Waals surface area contributed by atoms with Crippen molar-refractivity contribution in [2.45, 2.75) is 47.1 Å². The molecule has 9 heteroatoms. The summed E-state index contributed by atoms with van der Waals surface area (Å²) in [5.41, 5.74) is 0.769. The van der Waals surface area contributed by atoms with E-state index in [0.717, 1.165) is 38.4 Å². The summed E-state index contributed by atoms with van der Waals surface area (Å²) < 4.78 is 25.4. The summed E-state index contributed by atoms with van der Waals surface area (Å²) in [4.78, 5) is 17.3. The Labute approximate surface area is 175 Å². The number of nitrogens with one attached hydrogen (secondary N) is 1. The lowest BCUT2D eigenvalue weighted by molar-refractivity contribution is -0.117. The van der Waals surface area contributed by atoms with Crippen LogP contribution >= 0.6 is 0 Å². The molecule has 0 radical (unpaired) electrons. The molecule has 0 aliphatic carbocycles. The summed E-state index contributed by atoms with van der Waals surface area (Å²) in [6, 6.07) is 1.60. The predicted molar refractivity (Wildman–Crippen MR) is 117 cm³/mol. The Morgan fingerprint density at radius 3 is 2.48 bits per heavy atom. The number of amides is 1. The van der Waals surface area contributed by atoms with Crippen molar-refractivity contribution in [3.05, 3.63) is 11.8 Å². The number of aromatic nitrogens is 2. The Morgan fingerprint density at radius 2 is 1.93 bits per heavy atom. The van der Waals surface area contributed by atoms with E-state index in [2.05, 4.69) is 47.9 Å². The molecule has 166 valence electrons. The molecule has 8 nitrogen and oxygen atoms in total. The molecular weight excluding hydrogens is 390 g/mol. The number of sulfone groups is 1. The number of rotatable bonds is 11. The van der Waals surface area contributed by atoms with Crippen LogP contribution in [0, 0.1) is 12.8 Å². The molecule has 1 aromatic rings. The number of hydrogen-bond acceptors (Lipinski definition) is 6. The minimum Gasteiger partial charge on any atom is -0.310 e. The van der Waals surface area contributed by atoms with Crippen LogP contribution in [-0.4, -0.2) is 84.7 Å². The Kier molecular flexibility index (Phi) is 8.66. The van der Waals surface area contributed by atoms with E-state index in [1.54, 1.807) is 4.68 Å². The highest BCUT2D eigenvalue weighted by molar-refractivity contribution is 7.91. The second-order valence-corrected chi connectivity index (χ2v) is 10.6. The second kappa shape index (κ2) is 10.5. The number of likely N-dealkylation sites (N-methyl/N-ethyl adjacent to an activating group) is 1. The highest BCUT2D eigenvalue weighted by atomic mass is 32.2. The maximum atomic E-state index is 12.8. The molecule has 1 aliphatic rings. The van der Waals surface area contributed by atoms with Crippen molar-refractivity contribution in [3.8, 4) is 0 Å². The van der Waals surface area contributed by atoms with Gasteiger partial charge in [-0.15, -0.1) is 0 Å². The second-order valence-electron chi connectivity index (χ2n) is 8.38. The third-order valence-electron chi connectivity index (χ3n) is 5.30. The average Bonchev–Trinajstić information content (AvgIpc) is 3.16. The fourth-order valence-corrected chi connectivity index (χ4v) is 5.51. The molecule has 1 aromatic heterocycles. The summed E-state index contributed by atoms with van der Waals surface area (Å²) in [5.74, 6) is 1.23. The maximum Gasteiger partial charge on any atom is 0.239 e. The fraction of sp³-hybridized carbons (Fsp3) is 0.800. The minimum absolute atomic E-state index is 0.0837. The monoisotopic (exact) mass is 427 g/mol. The van der Waals surface area contributed by atoms with E-state index < -0.39 is 9.84 Å². The fourth-order valence-electron chi connectivity index (χ4n) is 3.82. The third-order valence-corrected chi connectivity index (χ3v) is 7.05. The lowest BCUT2D eigenvalue weighted by Gasteiger charge is -2.27. The van der Waals surface area contributed by atoms with Gasteiger partial charge in [0.1, 0.15) is 5.82 Å². The van der Waals surface area contributed by atoms with Crippen LogP contribution < -0.4 is 5.32 Å². The van der Waals surface area contributed by atoms with E-state index in [1.165, 1.54) is 0 Å². The van der Waals surface area contributed by atoms with Gasteiger partial charge in [0.15, 0.2) is 9.84 Å². The van der Waals surface area contributed by atoms with Crippen molar-refractivity contribution in [1.82, 2.24) is 19.6 Å². The molecule has 1 atom stereocenters. The molecule has 1 fully saturated rings. The Morgan fingerprint density at radius 1 is 1.28 bits per heavy atom. The van der Waals surface area contributed by atoms with Crippen LogP contribution in [0.5, 0.6) is 0 Å². The summed E-state index contributed by atoms with van der Waals surface area (Å²) in [5, 5.41) is 7.40. The molecule has 0 bridgehead atoms. The first-order valence-corrected chi connectivity index (χ1v) is 12.5. The zero-order valence-electron chi connectivity index (χ0n) is 18.5. The summed E-state index contributed by atoms with van der Waals surface area (Å²) in [6.45, 7) is 15.4. The van der Waals surface area contributed by atoms with E-state index in [-0.39, 0.29) is 23.5 Å². The Balaban J connectivity index is 2.02. The van der Waals surface area contributed by atoms with Crippen LogP contribution in [0.25, 0.3) is 0 Å². The summed E-state index contributed by atoms with van der Waals surface area (Å²) in [6.07, 6.45) is 0.537. The number of hydrogen-bond donors (Lipinski definition) is 1. The van der Waals surface area contributed by atoms with Crippen molar-refractivity contribution in [2.75, 3.05) is 56.1 Å². The molecule has 1 aliphatic heterocycles. The zero-order chi connectivity index (χ0) is 21.6. The van der Waals surface area contributed by atoms with Crippen LogP contribution in [0.15, 0.2) is 6.07 Å². The molecule has 2 rings (SSSR count). The number of anilines is 1. The molecule has 1 N–H and O–H groups in total. The van der Waals surface area contributed by atoms with Gasteiger partial charge in [0.05, 0.1) is 29.8 Å². The smallest absolute Gasteiger partial charge is 0.239 e. The molecule has 29 heavy (non-hydrogen) atoms. The molecule has 1 amide bonds. The molecule has 1 saturated heterocycles. The normalized spacial score (nSPS) is 18.8. The number of aryl methyl sites for hydroxylation is 1. The standard InChI is InChI=1S/C20H37N5O3S/c1-6-23(7-2)9-10-24(13-16(3)4)14-20(26)21-19-12-17(5)22-25(19)18-8-11-29(27,28)15-18/h12,16,18H,6-11,13-15H2,1-5H3,(H,21,26). The van der Waals surface area contributed by atoms with Gasteiger partial charge in [0.2, 0.25) is 5.91 Å². The first-order valence-electron chi connectivity index (χ1n) is 10.6. The summed E-state index contributed by atoms with van der Waals surface area (Å²) >= 11 is 0. The Bertz CT molecular complexity index is 771. The van der Waals surface area contributed by atoms with Gasteiger partial charge in [0, 0.05) is 25.7 Å². The van der Waals surface area contributed by atoms with Crippen LogP contribution in [0.3, 0.4) is 0 Å². The van der Waals surface area contributed by atoms with Crippen molar-refractivity contribution < 1.29 is 13.2 Å². The first-order chi connectivity index (χ1) is 13.6. The predicted octanol–water partition coefficient (Wildman–Crippen LogP) is 1.79. The van der Waals surface area contributed by atoms with E-state index >= 15 is 0 Å². The van der Waals surface area contributed by atoms with Gasteiger partial charge in [0.25, 0.3) is 0 Å². The van der Waals surface area contributed by atoms with Crippen molar-refractivity contribution in [2.24, 2.45) is 5.92 Å². The van der Waals surface area contributed by atoms with Gasteiger partial charge < -0.3 is 10.2 Å². The minimum atomic E-state index is -3.02. The average molecular weight is 428 g/mol. The van der Waals surface area contributed by atoms with E-state index in [1.807, 2.05) is 13.0 Å². The number of carbonyl (C=O) groups excluding carboxylic acids is 1. The zero-order valence-corrected chi connectivity index (χ0v) is 19.3. The van der Waals surface area contributed by atoms with Gasteiger partial charge in [-0.1, -0.05) is 27.7 Å².